The summed E-state index contributed by atoms with van der Waals surface area (Å²) in [6.45, 7) is 2.42. The van der Waals surface area contributed by atoms with Crippen LogP contribution in [-0.2, 0) is 13.6 Å². The lowest BCUT2D eigenvalue weighted by molar-refractivity contribution is 0.644. The number of hydrogen-bond acceptors (Lipinski definition) is 5. The van der Waals surface area contributed by atoms with Crippen LogP contribution in [0.3, 0.4) is 0 Å². The molecule has 3 heterocycles. The summed E-state index contributed by atoms with van der Waals surface area (Å²) in [5, 5.41) is 6.28. The highest BCUT2D eigenvalue weighted by Crippen LogP contribution is 2.30. The van der Waals surface area contributed by atoms with E-state index in [0.717, 1.165) is 32.0 Å². The van der Waals surface area contributed by atoms with Gasteiger partial charge in [0.1, 0.15) is 5.52 Å². The van der Waals surface area contributed by atoms with E-state index in [4.69, 9.17) is 0 Å². The van der Waals surface area contributed by atoms with Crippen molar-refractivity contribution in [1.29, 1.82) is 0 Å². The van der Waals surface area contributed by atoms with Crippen molar-refractivity contribution in [1.82, 2.24) is 19.3 Å². The average molecular weight is 353 g/mol. The molecule has 0 aliphatic carbocycles. The van der Waals surface area contributed by atoms with Crippen LogP contribution in [0.5, 0.6) is 0 Å². The highest BCUT2D eigenvalue weighted by atomic mass is 32.1. The van der Waals surface area contributed by atoms with Gasteiger partial charge in [-0.3, -0.25) is 4.79 Å². The summed E-state index contributed by atoms with van der Waals surface area (Å²) in [5.41, 5.74) is 3.57. The molecule has 0 aliphatic heterocycles. The zero-order valence-electron chi connectivity index (χ0n) is 14.6. The molecule has 0 bridgehead atoms. The molecule has 0 atom stereocenters. The lowest BCUT2D eigenvalue weighted by Crippen LogP contribution is -2.24. The Balaban J connectivity index is 1.84. The Morgan fingerprint density at radius 2 is 2.08 bits per heavy atom. The largest absolute Gasteiger partial charge is 0.378 e. The molecular formula is C18H19N5OS. The van der Waals surface area contributed by atoms with Crippen LogP contribution < -0.4 is 10.5 Å². The molecule has 0 amide bonds. The Morgan fingerprint density at radius 3 is 2.84 bits per heavy atom. The third-order valence-corrected chi connectivity index (χ3v) is 5.38. The molecule has 25 heavy (non-hydrogen) atoms. The van der Waals surface area contributed by atoms with Gasteiger partial charge in [0.15, 0.2) is 5.65 Å². The fourth-order valence-corrected chi connectivity index (χ4v) is 4.07. The molecule has 0 radical (unpaired) electrons. The summed E-state index contributed by atoms with van der Waals surface area (Å²) >= 11 is 1.60. The van der Waals surface area contributed by atoms with Gasteiger partial charge in [-0.15, -0.1) is 11.3 Å². The van der Waals surface area contributed by atoms with Crippen molar-refractivity contribution in [2.75, 3.05) is 19.0 Å². The van der Waals surface area contributed by atoms with Crippen LogP contribution in [0.2, 0.25) is 0 Å². The minimum absolute atomic E-state index is 0.0851. The predicted molar refractivity (Wildman–Crippen MR) is 103 cm³/mol. The number of benzene rings is 1. The maximum absolute atomic E-state index is 13.0. The maximum Gasteiger partial charge on any atom is 0.291 e. The molecule has 0 saturated carbocycles. The summed E-state index contributed by atoms with van der Waals surface area (Å²) in [6.07, 6.45) is 1.78. The van der Waals surface area contributed by atoms with E-state index in [1.807, 2.05) is 55.7 Å². The lowest BCUT2D eigenvalue weighted by atomic mass is 10.2. The number of hydrogen-bond donors (Lipinski definition) is 0. The number of thiazole rings is 1. The zero-order chi connectivity index (χ0) is 17.7. The van der Waals surface area contributed by atoms with Gasteiger partial charge in [0.25, 0.3) is 5.56 Å². The van der Waals surface area contributed by atoms with E-state index >= 15 is 0 Å². The van der Waals surface area contributed by atoms with Gasteiger partial charge < -0.3 is 9.47 Å². The smallest absolute Gasteiger partial charge is 0.291 e. The van der Waals surface area contributed by atoms with Crippen LogP contribution in [0.15, 0.2) is 35.3 Å². The fourth-order valence-electron chi connectivity index (χ4n) is 3.11. The van der Waals surface area contributed by atoms with Crippen LogP contribution in [-0.4, -0.2) is 33.4 Å². The van der Waals surface area contributed by atoms with Gasteiger partial charge in [0.05, 0.1) is 22.4 Å². The molecule has 7 heteroatoms. The quantitative estimate of drug-likeness (QED) is 0.568. The normalized spacial score (nSPS) is 11.5. The molecule has 6 nitrogen and oxygen atoms in total. The van der Waals surface area contributed by atoms with E-state index in [9.17, 15) is 4.79 Å². The van der Waals surface area contributed by atoms with E-state index in [-0.39, 0.29) is 5.56 Å². The molecule has 0 aliphatic rings. The molecule has 0 N–H and O–H groups in total. The monoisotopic (exact) mass is 353 g/mol. The first-order valence-electron chi connectivity index (χ1n) is 8.03. The third-order valence-electron chi connectivity index (χ3n) is 4.39. The molecule has 1 aromatic carbocycles. The number of rotatable bonds is 3. The number of aromatic nitrogens is 4. The van der Waals surface area contributed by atoms with Crippen molar-refractivity contribution < 1.29 is 0 Å². The van der Waals surface area contributed by atoms with Crippen LogP contribution in [0.4, 0.5) is 5.69 Å². The SMILES string of the molecule is Cc1nc2c(s1)c1cnn(Cc3cccc(N(C)C)c3)c(=O)c1n2C. The van der Waals surface area contributed by atoms with Crippen molar-refractivity contribution in [3.8, 4) is 0 Å². The first-order chi connectivity index (χ1) is 12.0. The van der Waals surface area contributed by atoms with Crippen LogP contribution >= 0.6 is 11.3 Å². The number of anilines is 1. The van der Waals surface area contributed by atoms with Crippen molar-refractivity contribution in [2.24, 2.45) is 7.05 Å². The molecule has 0 spiro atoms. The Bertz CT molecular complexity index is 1150. The average Bonchev–Trinajstić information content (AvgIpc) is 3.08. The summed E-state index contributed by atoms with van der Waals surface area (Å²) in [4.78, 5) is 19.6. The van der Waals surface area contributed by atoms with E-state index in [1.54, 1.807) is 17.5 Å². The van der Waals surface area contributed by atoms with E-state index in [2.05, 4.69) is 16.1 Å². The minimum Gasteiger partial charge on any atom is -0.378 e. The van der Waals surface area contributed by atoms with Gasteiger partial charge >= 0.3 is 0 Å². The summed E-state index contributed by atoms with van der Waals surface area (Å²) in [6, 6.07) is 8.13. The number of aryl methyl sites for hydroxylation is 2. The minimum atomic E-state index is -0.0851. The highest BCUT2D eigenvalue weighted by molar-refractivity contribution is 7.19. The second-order valence-electron chi connectivity index (χ2n) is 6.38. The third kappa shape index (κ3) is 2.51. The predicted octanol–water partition coefficient (Wildman–Crippen LogP) is 2.77. The molecule has 128 valence electrons. The first-order valence-corrected chi connectivity index (χ1v) is 8.85. The highest BCUT2D eigenvalue weighted by Gasteiger charge is 2.17. The van der Waals surface area contributed by atoms with Crippen molar-refractivity contribution >= 4 is 38.3 Å². The second-order valence-corrected chi connectivity index (χ2v) is 7.58. The molecule has 4 rings (SSSR count). The van der Waals surface area contributed by atoms with Crippen LogP contribution in [0.25, 0.3) is 21.3 Å². The van der Waals surface area contributed by atoms with Gasteiger partial charge in [0.2, 0.25) is 0 Å². The van der Waals surface area contributed by atoms with Gasteiger partial charge in [-0.25, -0.2) is 9.67 Å². The molecule has 0 fully saturated rings. The topological polar surface area (TPSA) is 56.0 Å². The Kier molecular flexibility index (Phi) is 3.61. The van der Waals surface area contributed by atoms with Crippen molar-refractivity contribution in [3.05, 3.63) is 51.4 Å². The number of nitrogens with zero attached hydrogens (tertiary/aromatic N) is 5. The van der Waals surface area contributed by atoms with E-state index in [0.29, 0.717) is 12.1 Å². The second kappa shape index (κ2) is 5.70. The summed E-state index contributed by atoms with van der Waals surface area (Å²) in [7, 11) is 5.89. The standard InChI is InChI=1S/C18H19N5OS/c1-11-20-17-16(25-11)14-9-19-23(18(24)15(14)22(17)4)10-12-6-5-7-13(8-12)21(2)3/h5-9H,10H2,1-4H3. The molecule has 4 aromatic rings. The Labute approximate surface area is 148 Å². The van der Waals surface area contributed by atoms with Gasteiger partial charge in [-0.1, -0.05) is 12.1 Å². The molecule has 0 saturated heterocycles. The van der Waals surface area contributed by atoms with Crippen LogP contribution in [0, 0.1) is 6.92 Å². The van der Waals surface area contributed by atoms with Gasteiger partial charge in [-0.2, -0.15) is 5.10 Å². The maximum atomic E-state index is 13.0. The van der Waals surface area contributed by atoms with Gasteiger partial charge in [0, 0.05) is 32.2 Å². The van der Waals surface area contributed by atoms with E-state index in [1.165, 1.54) is 4.68 Å². The van der Waals surface area contributed by atoms with Crippen molar-refractivity contribution in [3.63, 3.8) is 0 Å². The van der Waals surface area contributed by atoms with Crippen LogP contribution in [0.1, 0.15) is 10.6 Å². The van der Waals surface area contributed by atoms with Crippen molar-refractivity contribution in [2.45, 2.75) is 13.5 Å². The summed E-state index contributed by atoms with van der Waals surface area (Å²) in [5.74, 6) is 0. The van der Waals surface area contributed by atoms with E-state index < -0.39 is 0 Å². The lowest BCUT2D eigenvalue weighted by Gasteiger charge is -2.14. The molecular weight excluding hydrogens is 334 g/mol. The first kappa shape index (κ1) is 15.8. The fraction of sp³-hybridized carbons (Fsp3) is 0.278. The number of fused-ring (bicyclic) bond motifs is 3. The Hall–Kier alpha value is -2.67. The zero-order valence-corrected chi connectivity index (χ0v) is 15.5. The Morgan fingerprint density at radius 1 is 1.28 bits per heavy atom. The molecule has 0 unspecified atom stereocenters. The van der Waals surface area contributed by atoms with Gasteiger partial charge in [-0.05, 0) is 24.6 Å². The molecule has 3 aromatic heterocycles. The summed E-state index contributed by atoms with van der Waals surface area (Å²) < 4.78 is 4.43.